The first-order valence-corrected chi connectivity index (χ1v) is 9.85. The second-order valence-electron chi connectivity index (χ2n) is 7.80. The topological polar surface area (TPSA) is 52.6 Å². The Hall–Kier alpha value is -1.39. The molecule has 2 fully saturated rings. The Bertz CT molecular complexity index is 548. The molecule has 1 amide bonds. The number of aliphatic hydroxyl groups excluding tert-OH is 1. The molecule has 1 saturated heterocycles. The number of β-amino-alcohol motifs (C(OH)–C–C–N with tert-alkyl or cyclic N) is 1. The molecule has 1 aromatic rings. The third kappa shape index (κ3) is 4.83. The van der Waals surface area contributed by atoms with E-state index in [1.54, 1.807) is 7.05 Å². The van der Waals surface area contributed by atoms with E-state index in [0.29, 0.717) is 18.4 Å². The summed E-state index contributed by atoms with van der Waals surface area (Å²) in [5.41, 5.74) is 1.26. The summed E-state index contributed by atoms with van der Waals surface area (Å²) in [5.74, 6) is 1.50. The zero-order valence-corrected chi connectivity index (χ0v) is 15.4. The van der Waals surface area contributed by atoms with Crippen molar-refractivity contribution in [3.63, 3.8) is 0 Å². The van der Waals surface area contributed by atoms with Crippen LogP contribution in [0, 0.1) is 11.8 Å². The van der Waals surface area contributed by atoms with Crippen molar-refractivity contribution in [1.29, 1.82) is 0 Å². The summed E-state index contributed by atoms with van der Waals surface area (Å²) in [6, 6.07) is 10.2. The summed E-state index contributed by atoms with van der Waals surface area (Å²) < 4.78 is 0. The number of piperidine rings is 1. The number of likely N-dealkylation sites (N-methyl/N-ethyl adjacent to an activating group) is 1. The highest BCUT2D eigenvalue weighted by Gasteiger charge is 2.39. The third-order valence-corrected chi connectivity index (χ3v) is 6.11. The Morgan fingerprint density at radius 3 is 2.68 bits per heavy atom. The number of carbonyl (C=O) groups excluding carboxylic acids is 1. The number of aryl methyl sites for hydroxylation is 1. The summed E-state index contributed by atoms with van der Waals surface area (Å²) >= 11 is 0. The Kier molecular flexibility index (Phi) is 6.49. The molecular formula is C21H32N2O2. The van der Waals surface area contributed by atoms with Gasteiger partial charge in [-0.05, 0) is 43.1 Å². The predicted octanol–water partition coefficient (Wildman–Crippen LogP) is 2.61. The highest BCUT2D eigenvalue weighted by Crippen LogP contribution is 2.38. The maximum atomic E-state index is 12.4. The van der Waals surface area contributed by atoms with Gasteiger partial charge >= 0.3 is 0 Å². The molecule has 0 bridgehead atoms. The molecule has 2 N–H and O–H groups in total. The molecule has 25 heavy (non-hydrogen) atoms. The largest absolute Gasteiger partial charge is 0.392 e. The summed E-state index contributed by atoms with van der Waals surface area (Å²) in [7, 11) is 1.72. The molecule has 1 saturated carbocycles. The van der Waals surface area contributed by atoms with Crippen molar-refractivity contribution in [2.45, 2.75) is 57.1 Å². The Labute approximate surface area is 151 Å². The van der Waals surface area contributed by atoms with Crippen LogP contribution in [-0.4, -0.2) is 48.2 Å². The maximum absolute atomic E-state index is 12.4. The summed E-state index contributed by atoms with van der Waals surface area (Å²) in [6.45, 7) is 1.57. The van der Waals surface area contributed by atoms with Crippen LogP contribution >= 0.6 is 0 Å². The van der Waals surface area contributed by atoms with E-state index in [1.807, 2.05) is 18.2 Å². The molecule has 0 radical (unpaired) electrons. The normalized spacial score (nSPS) is 28.2. The van der Waals surface area contributed by atoms with Crippen LogP contribution < -0.4 is 5.32 Å². The predicted molar refractivity (Wildman–Crippen MR) is 100 cm³/mol. The van der Waals surface area contributed by atoms with E-state index in [9.17, 15) is 9.90 Å². The lowest BCUT2D eigenvalue weighted by Crippen LogP contribution is -2.56. The maximum Gasteiger partial charge on any atom is 0.237 e. The number of amides is 1. The Morgan fingerprint density at radius 2 is 1.96 bits per heavy atom. The number of hydrogen-bond acceptors (Lipinski definition) is 3. The fourth-order valence-electron chi connectivity index (χ4n) is 4.68. The summed E-state index contributed by atoms with van der Waals surface area (Å²) in [6.07, 6.45) is 7.37. The molecule has 1 aliphatic heterocycles. The van der Waals surface area contributed by atoms with E-state index in [4.69, 9.17) is 0 Å². The van der Waals surface area contributed by atoms with Crippen molar-refractivity contribution in [3.8, 4) is 0 Å². The van der Waals surface area contributed by atoms with Gasteiger partial charge in [0.1, 0.15) is 0 Å². The van der Waals surface area contributed by atoms with Crippen molar-refractivity contribution < 1.29 is 9.90 Å². The second-order valence-corrected chi connectivity index (χ2v) is 7.80. The first-order chi connectivity index (χ1) is 12.2. The van der Waals surface area contributed by atoms with E-state index < -0.39 is 0 Å². The molecule has 3 rings (SSSR count). The first kappa shape index (κ1) is 18.4. The van der Waals surface area contributed by atoms with Gasteiger partial charge in [0.05, 0.1) is 12.1 Å². The minimum atomic E-state index is -0.382. The van der Waals surface area contributed by atoms with E-state index in [-0.39, 0.29) is 18.1 Å². The average Bonchev–Trinajstić information content (AvgIpc) is 2.66. The van der Waals surface area contributed by atoms with Crippen molar-refractivity contribution in [3.05, 3.63) is 35.9 Å². The molecule has 0 spiro atoms. The molecular weight excluding hydrogens is 312 g/mol. The molecule has 4 heteroatoms. The molecule has 0 unspecified atom stereocenters. The van der Waals surface area contributed by atoms with Crippen molar-refractivity contribution in [2.75, 3.05) is 20.1 Å². The number of benzene rings is 1. The number of likely N-dealkylation sites (tertiary alicyclic amines) is 1. The number of nitrogens with one attached hydrogen (secondary N) is 1. The SMILES string of the molecule is CNC(=O)[C@@H]1C[C@@H]2CCCC[C@@H]2CN1C[C@@H](O)CCc1ccccc1. The van der Waals surface area contributed by atoms with E-state index in [0.717, 1.165) is 25.8 Å². The third-order valence-electron chi connectivity index (χ3n) is 6.11. The van der Waals surface area contributed by atoms with Crippen LogP contribution in [0.25, 0.3) is 0 Å². The van der Waals surface area contributed by atoms with Gasteiger partial charge in [0.2, 0.25) is 5.91 Å². The van der Waals surface area contributed by atoms with E-state index in [1.165, 1.54) is 31.2 Å². The van der Waals surface area contributed by atoms with Crippen LogP contribution in [0.5, 0.6) is 0 Å². The van der Waals surface area contributed by atoms with Crippen molar-refractivity contribution in [2.24, 2.45) is 11.8 Å². The van der Waals surface area contributed by atoms with Gasteiger partial charge in [-0.1, -0.05) is 49.6 Å². The molecule has 1 aromatic carbocycles. The second kappa shape index (κ2) is 8.81. The molecule has 1 heterocycles. The lowest BCUT2D eigenvalue weighted by atomic mass is 9.72. The van der Waals surface area contributed by atoms with Crippen molar-refractivity contribution >= 4 is 5.91 Å². The summed E-state index contributed by atoms with van der Waals surface area (Å²) in [4.78, 5) is 14.6. The van der Waals surface area contributed by atoms with Crippen molar-refractivity contribution in [1.82, 2.24) is 10.2 Å². The lowest BCUT2D eigenvalue weighted by molar-refractivity contribution is -0.130. The Balaban J connectivity index is 1.58. The number of hydrogen-bond donors (Lipinski definition) is 2. The minimum absolute atomic E-state index is 0.0734. The van der Waals surface area contributed by atoms with E-state index in [2.05, 4.69) is 22.3 Å². The van der Waals surface area contributed by atoms with Crippen LogP contribution in [0.3, 0.4) is 0 Å². The van der Waals surface area contributed by atoms with E-state index >= 15 is 0 Å². The molecule has 4 nitrogen and oxygen atoms in total. The number of fused-ring (bicyclic) bond motifs is 1. The number of nitrogens with zero attached hydrogens (tertiary/aromatic N) is 1. The van der Waals surface area contributed by atoms with Gasteiger partial charge in [0.15, 0.2) is 0 Å². The zero-order chi connectivity index (χ0) is 17.6. The number of rotatable bonds is 6. The van der Waals surface area contributed by atoms with Gasteiger partial charge in [-0.15, -0.1) is 0 Å². The van der Waals surface area contributed by atoms with Gasteiger partial charge in [-0.25, -0.2) is 0 Å². The molecule has 138 valence electrons. The fraction of sp³-hybridized carbons (Fsp3) is 0.667. The molecule has 2 aliphatic rings. The highest BCUT2D eigenvalue weighted by atomic mass is 16.3. The zero-order valence-electron chi connectivity index (χ0n) is 15.4. The van der Waals surface area contributed by atoms with Crippen LogP contribution in [0.1, 0.15) is 44.1 Å². The monoisotopic (exact) mass is 344 g/mol. The molecule has 1 aliphatic carbocycles. The fourth-order valence-corrected chi connectivity index (χ4v) is 4.68. The van der Waals surface area contributed by atoms with Gasteiger partial charge in [0.25, 0.3) is 0 Å². The van der Waals surface area contributed by atoms with Gasteiger partial charge in [-0.2, -0.15) is 0 Å². The van der Waals surface area contributed by atoms with Crippen LogP contribution in [-0.2, 0) is 11.2 Å². The highest BCUT2D eigenvalue weighted by molar-refractivity contribution is 5.81. The average molecular weight is 344 g/mol. The Morgan fingerprint density at radius 1 is 1.24 bits per heavy atom. The number of aliphatic hydroxyl groups is 1. The number of carbonyl (C=O) groups is 1. The van der Waals surface area contributed by atoms with Crippen LogP contribution in [0.15, 0.2) is 30.3 Å². The van der Waals surface area contributed by atoms with Gasteiger partial charge < -0.3 is 10.4 Å². The van der Waals surface area contributed by atoms with Gasteiger partial charge in [0, 0.05) is 20.1 Å². The first-order valence-electron chi connectivity index (χ1n) is 9.85. The minimum Gasteiger partial charge on any atom is -0.392 e. The molecule has 4 atom stereocenters. The standard InChI is InChI=1S/C21H32N2O2/c1-22-21(25)20-13-17-9-5-6-10-18(17)14-23(20)15-19(24)12-11-16-7-3-2-4-8-16/h2-4,7-8,17-20,24H,5-6,9-15H2,1H3,(H,22,25)/t17-,18+,19-,20-/m0/s1. The smallest absolute Gasteiger partial charge is 0.237 e. The quantitative estimate of drug-likeness (QED) is 0.834. The van der Waals surface area contributed by atoms with Crippen LogP contribution in [0.2, 0.25) is 0 Å². The molecule has 0 aromatic heterocycles. The van der Waals surface area contributed by atoms with Crippen LogP contribution in [0.4, 0.5) is 0 Å². The van der Waals surface area contributed by atoms with Gasteiger partial charge in [-0.3, -0.25) is 9.69 Å². The summed E-state index contributed by atoms with van der Waals surface area (Å²) in [5, 5.41) is 13.4. The lowest BCUT2D eigenvalue weighted by Gasteiger charge is -2.46.